The van der Waals surface area contributed by atoms with Gasteiger partial charge in [0.25, 0.3) is 0 Å². The molecule has 7 heteroatoms. The maximum absolute atomic E-state index is 11.8. The Hall–Kier alpha value is -3.19. The molecule has 0 aliphatic carbocycles. The van der Waals surface area contributed by atoms with Gasteiger partial charge in [-0.1, -0.05) is 18.2 Å². The summed E-state index contributed by atoms with van der Waals surface area (Å²) in [6, 6.07) is 12.6. The summed E-state index contributed by atoms with van der Waals surface area (Å²) >= 11 is 0. The Morgan fingerprint density at radius 3 is 2.61 bits per heavy atom. The summed E-state index contributed by atoms with van der Waals surface area (Å²) in [4.78, 5) is 22.6. The number of rotatable bonds is 7. The Bertz CT molecular complexity index is 989. The van der Waals surface area contributed by atoms with E-state index in [1.54, 1.807) is 18.2 Å². The van der Waals surface area contributed by atoms with Gasteiger partial charge in [0.2, 0.25) is 5.88 Å². The molecule has 0 unspecified atom stereocenters. The van der Waals surface area contributed by atoms with E-state index in [0.717, 1.165) is 22.0 Å². The highest BCUT2D eigenvalue weighted by Gasteiger charge is 2.10. The third-order valence-corrected chi connectivity index (χ3v) is 4.05. The van der Waals surface area contributed by atoms with Gasteiger partial charge in [0, 0.05) is 23.9 Å². The number of phenolic OH excluding ortho intramolecular Hbond substituents is 1. The Balaban J connectivity index is 1.72. The molecular weight excluding hydrogens is 358 g/mol. The molecule has 0 radical (unpaired) electrons. The van der Waals surface area contributed by atoms with E-state index < -0.39 is 5.97 Å². The van der Waals surface area contributed by atoms with E-state index in [4.69, 9.17) is 9.47 Å². The van der Waals surface area contributed by atoms with Crippen molar-refractivity contribution in [2.24, 2.45) is 0 Å². The van der Waals surface area contributed by atoms with Crippen molar-refractivity contribution < 1.29 is 19.4 Å². The SMILES string of the molecule is Cc1cc(OCC(=O)OCCN(C)C)nc(-c2ccc3cc(O)ccc3c2)n1. The topological polar surface area (TPSA) is 84.8 Å². The van der Waals surface area contributed by atoms with Crippen LogP contribution >= 0.6 is 0 Å². The van der Waals surface area contributed by atoms with Crippen LogP contribution < -0.4 is 4.74 Å². The van der Waals surface area contributed by atoms with Crippen molar-refractivity contribution in [2.45, 2.75) is 6.92 Å². The Labute approximate surface area is 163 Å². The molecule has 0 saturated heterocycles. The number of fused-ring (bicyclic) bond motifs is 1. The van der Waals surface area contributed by atoms with Gasteiger partial charge in [-0.3, -0.25) is 0 Å². The fraction of sp³-hybridized carbons (Fsp3) is 0.286. The highest BCUT2D eigenvalue weighted by Crippen LogP contribution is 2.26. The van der Waals surface area contributed by atoms with Crippen LogP contribution in [0, 0.1) is 6.92 Å². The standard InChI is InChI=1S/C21H23N3O4/c1-14-10-19(28-13-20(26)27-9-8-24(2)3)23-21(22-14)17-5-4-16-12-18(25)7-6-15(16)11-17/h4-7,10-12,25H,8-9,13H2,1-3H3. The van der Waals surface area contributed by atoms with Gasteiger partial charge in [-0.2, -0.15) is 4.98 Å². The highest BCUT2D eigenvalue weighted by atomic mass is 16.6. The van der Waals surface area contributed by atoms with Crippen LogP contribution in [0.5, 0.6) is 11.6 Å². The molecule has 7 nitrogen and oxygen atoms in total. The lowest BCUT2D eigenvalue weighted by molar-refractivity contribution is -0.146. The average Bonchev–Trinajstić information content (AvgIpc) is 2.65. The van der Waals surface area contributed by atoms with E-state index in [2.05, 4.69) is 9.97 Å². The van der Waals surface area contributed by atoms with Crippen LogP contribution in [0.1, 0.15) is 5.69 Å². The number of ether oxygens (including phenoxy) is 2. The number of hydrogen-bond acceptors (Lipinski definition) is 7. The number of aromatic nitrogens is 2. The van der Waals surface area contributed by atoms with Crippen molar-refractivity contribution in [3.63, 3.8) is 0 Å². The smallest absolute Gasteiger partial charge is 0.344 e. The first-order valence-electron chi connectivity index (χ1n) is 8.93. The third-order valence-electron chi connectivity index (χ3n) is 4.05. The number of benzene rings is 2. The second kappa shape index (κ2) is 8.67. The molecule has 3 aromatic rings. The van der Waals surface area contributed by atoms with Gasteiger partial charge in [0.1, 0.15) is 12.4 Å². The van der Waals surface area contributed by atoms with Crippen molar-refractivity contribution in [3.8, 4) is 23.0 Å². The van der Waals surface area contributed by atoms with Crippen LogP contribution in [0.4, 0.5) is 0 Å². The minimum Gasteiger partial charge on any atom is -0.508 e. The van der Waals surface area contributed by atoms with Crippen molar-refractivity contribution in [2.75, 3.05) is 33.9 Å². The largest absolute Gasteiger partial charge is 0.508 e. The van der Waals surface area contributed by atoms with Crippen LogP contribution in [0.3, 0.4) is 0 Å². The summed E-state index contributed by atoms with van der Waals surface area (Å²) in [6.45, 7) is 2.60. The lowest BCUT2D eigenvalue weighted by Crippen LogP contribution is -2.22. The predicted octanol–water partition coefficient (Wildman–Crippen LogP) is 2.79. The fourth-order valence-corrected chi connectivity index (χ4v) is 2.63. The number of aryl methyl sites for hydroxylation is 1. The molecule has 3 rings (SSSR count). The third kappa shape index (κ3) is 5.17. The van der Waals surface area contributed by atoms with Crippen molar-refractivity contribution in [1.29, 1.82) is 0 Å². The predicted molar refractivity (Wildman–Crippen MR) is 106 cm³/mol. The van der Waals surface area contributed by atoms with Gasteiger partial charge in [-0.25, -0.2) is 9.78 Å². The minimum atomic E-state index is -0.440. The summed E-state index contributed by atoms with van der Waals surface area (Å²) in [7, 11) is 3.82. The van der Waals surface area contributed by atoms with Crippen molar-refractivity contribution in [1.82, 2.24) is 14.9 Å². The van der Waals surface area contributed by atoms with Crippen LogP contribution in [-0.2, 0) is 9.53 Å². The van der Waals surface area contributed by atoms with Gasteiger partial charge in [0.15, 0.2) is 12.4 Å². The molecule has 0 fully saturated rings. The Morgan fingerprint density at radius 1 is 1.07 bits per heavy atom. The quantitative estimate of drug-likeness (QED) is 0.630. The van der Waals surface area contributed by atoms with E-state index in [1.807, 2.05) is 50.2 Å². The second-order valence-corrected chi connectivity index (χ2v) is 6.73. The molecule has 1 heterocycles. The number of nitrogens with zero attached hydrogens (tertiary/aromatic N) is 3. The molecule has 28 heavy (non-hydrogen) atoms. The van der Waals surface area contributed by atoms with Gasteiger partial charge < -0.3 is 19.5 Å². The number of carbonyl (C=O) groups is 1. The Kier molecular flexibility index (Phi) is 6.06. The molecular formula is C21H23N3O4. The zero-order chi connectivity index (χ0) is 20.1. The van der Waals surface area contributed by atoms with Crippen LogP contribution in [0.25, 0.3) is 22.2 Å². The summed E-state index contributed by atoms with van der Waals surface area (Å²) in [5, 5.41) is 11.5. The van der Waals surface area contributed by atoms with Gasteiger partial charge >= 0.3 is 5.97 Å². The number of hydrogen-bond donors (Lipinski definition) is 1. The number of esters is 1. The number of likely N-dealkylation sites (N-methyl/N-ethyl adjacent to an activating group) is 1. The molecule has 0 atom stereocenters. The zero-order valence-corrected chi connectivity index (χ0v) is 16.2. The highest BCUT2D eigenvalue weighted by molar-refractivity contribution is 5.87. The van der Waals surface area contributed by atoms with Crippen LogP contribution in [0.15, 0.2) is 42.5 Å². The molecule has 0 bridgehead atoms. The molecule has 0 amide bonds. The van der Waals surface area contributed by atoms with Crippen molar-refractivity contribution >= 4 is 16.7 Å². The first-order chi connectivity index (χ1) is 13.4. The lowest BCUT2D eigenvalue weighted by atomic mass is 10.1. The fourth-order valence-electron chi connectivity index (χ4n) is 2.63. The van der Waals surface area contributed by atoms with Crippen LogP contribution in [-0.4, -0.2) is 59.8 Å². The first kappa shape index (κ1) is 19.6. The summed E-state index contributed by atoms with van der Waals surface area (Å²) < 4.78 is 10.6. The normalized spacial score (nSPS) is 11.0. The van der Waals surface area contributed by atoms with Crippen LogP contribution in [0.2, 0.25) is 0 Å². The van der Waals surface area contributed by atoms with E-state index in [0.29, 0.717) is 24.9 Å². The maximum atomic E-state index is 11.8. The molecule has 1 aromatic heterocycles. The molecule has 0 aliphatic rings. The summed E-state index contributed by atoms with van der Waals surface area (Å²) in [5.41, 5.74) is 1.55. The zero-order valence-electron chi connectivity index (χ0n) is 16.2. The molecule has 0 spiro atoms. The summed E-state index contributed by atoms with van der Waals surface area (Å²) in [6.07, 6.45) is 0. The molecule has 0 aliphatic heterocycles. The van der Waals surface area contributed by atoms with Gasteiger partial charge in [-0.15, -0.1) is 0 Å². The molecule has 1 N–H and O–H groups in total. The van der Waals surface area contributed by atoms with Gasteiger partial charge in [0.05, 0.1) is 0 Å². The van der Waals surface area contributed by atoms with E-state index in [9.17, 15) is 9.90 Å². The monoisotopic (exact) mass is 381 g/mol. The molecule has 0 saturated carbocycles. The van der Waals surface area contributed by atoms with E-state index in [1.165, 1.54) is 0 Å². The van der Waals surface area contributed by atoms with E-state index >= 15 is 0 Å². The second-order valence-electron chi connectivity index (χ2n) is 6.73. The lowest BCUT2D eigenvalue weighted by Gasteiger charge is -2.11. The molecule has 2 aromatic carbocycles. The van der Waals surface area contributed by atoms with Crippen molar-refractivity contribution in [3.05, 3.63) is 48.2 Å². The molecule has 146 valence electrons. The van der Waals surface area contributed by atoms with E-state index in [-0.39, 0.29) is 12.4 Å². The number of carbonyl (C=O) groups excluding carboxylic acids is 1. The maximum Gasteiger partial charge on any atom is 0.344 e. The first-order valence-corrected chi connectivity index (χ1v) is 8.93. The minimum absolute atomic E-state index is 0.208. The summed E-state index contributed by atoms with van der Waals surface area (Å²) in [5.74, 6) is 0.606. The number of aromatic hydroxyl groups is 1. The van der Waals surface area contributed by atoms with Gasteiger partial charge in [-0.05, 0) is 50.0 Å². The average molecular weight is 381 g/mol. The number of phenols is 1. The Morgan fingerprint density at radius 2 is 1.82 bits per heavy atom.